The smallest absolute Gasteiger partial charge is 0.261 e. The number of carbonyl (C=O) groups excluding carboxylic acids is 2. The molecular formula is C36H43FN4O5Si. The lowest BCUT2D eigenvalue weighted by Crippen LogP contribution is -2.66. The van der Waals surface area contributed by atoms with Gasteiger partial charge >= 0.3 is 0 Å². The third-order valence-electron chi connectivity index (χ3n) is 9.10. The molecule has 0 saturated carbocycles. The van der Waals surface area contributed by atoms with Crippen LogP contribution in [0.2, 0.25) is 5.04 Å². The van der Waals surface area contributed by atoms with E-state index in [1.54, 1.807) is 4.90 Å². The summed E-state index contributed by atoms with van der Waals surface area (Å²) < 4.78 is 35.6. The van der Waals surface area contributed by atoms with Crippen molar-refractivity contribution in [1.82, 2.24) is 15.4 Å². The van der Waals surface area contributed by atoms with Crippen LogP contribution in [-0.2, 0) is 20.6 Å². The highest BCUT2D eigenvalue weighted by Crippen LogP contribution is 2.40. The van der Waals surface area contributed by atoms with Gasteiger partial charge in [0, 0.05) is 31.7 Å². The number of nitrogens with one attached hydrogen (secondary N) is 1. The predicted octanol–water partition coefficient (Wildman–Crippen LogP) is 4.27. The number of ether oxygens (including phenoxy) is 1. The molecule has 2 atom stereocenters. The summed E-state index contributed by atoms with van der Waals surface area (Å²) >= 11 is 0. The van der Waals surface area contributed by atoms with Crippen LogP contribution in [-0.4, -0.2) is 81.5 Å². The molecule has 2 fully saturated rings. The number of aromatic nitrogens is 1. The Morgan fingerprint density at radius 1 is 1.04 bits per heavy atom. The molecule has 1 aromatic heterocycles. The molecule has 2 saturated heterocycles. The fourth-order valence-electron chi connectivity index (χ4n) is 7.15. The van der Waals surface area contributed by atoms with Gasteiger partial charge in [-0.1, -0.05) is 86.6 Å². The molecule has 0 radical (unpaired) electrons. The van der Waals surface area contributed by atoms with Crippen molar-refractivity contribution in [2.45, 2.75) is 58.5 Å². The highest BCUT2D eigenvalue weighted by Gasteiger charge is 2.50. The van der Waals surface area contributed by atoms with Crippen LogP contribution in [0, 0.1) is 5.82 Å². The highest BCUT2D eigenvalue weighted by atomic mass is 28.4. The maximum atomic E-state index is 16.8. The van der Waals surface area contributed by atoms with Crippen LogP contribution < -0.4 is 20.6 Å². The van der Waals surface area contributed by atoms with E-state index in [2.05, 4.69) is 55.5 Å². The van der Waals surface area contributed by atoms with E-state index in [0.29, 0.717) is 42.8 Å². The normalized spacial score (nSPS) is 19.6. The zero-order chi connectivity index (χ0) is 33.3. The van der Waals surface area contributed by atoms with Gasteiger partial charge in [0.2, 0.25) is 11.5 Å². The lowest BCUT2D eigenvalue weighted by Gasteiger charge is -2.43. The van der Waals surface area contributed by atoms with Gasteiger partial charge in [0.05, 0.1) is 43.0 Å². The number of Topliss-reactive ketones (excluding diaryl/α,β-unsaturated/α-hetero) is 1. The molecule has 1 amide bonds. The van der Waals surface area contributed by atoms with Crippen LogP contribution in [0.5, 0.6) is 0 Å². The van der Waals surface area contributed by atoms with Gasteiger partial charge < -0.3 is 23.9 Å². The number of anilines is 1. The second-order valence-electron chi connectivity index (χ2n) is 13.7. The molecule has 0 unspecified atom stereocenters. The molecule has 11 heteroatoms. The van der Waals surface area contributed by atoms with Crippen molar-refractivity contribution in [3.63, 3.8) is 0 Å². The molecule has 9 nitrogen and oxygen atoms in total. The van der Waals surface area contributed by atoms with Gasteiger partial charge in [-0.25, -0.2) is 4.39 Å². The predicted molar refractivity (Wildman–Crippen MR) is 182 cm³/mol. The Bertz CT molecular complexity index is 1690. The first-order valence-electron chi connectivity index (χ1n) is 16.3. The third kappa shape index (κ3) is 6.49. The minimum absolute atomic E-state index is 0.0230. The first-order valence-corrected chi connectivity index (χ1v) is 18.2. The van der Waals surface area contributed by atoms with Gasteiger partial charge in [0.15, 0.2) is 17.3 Å². The van der Waals surface area contributed by atoms with Crippen LogP contribution in [0.4, 0.5) is 10.1 Å². The van der Waals surface area contributed by atoms with Crippen LogP contribution in [0.25, 0.3) is 11.0 Å². The number of piperazine rings is 1. The van der Waals surface area contributed by atoms with Gasteiger partial charge in [-0.3, -0.25) is 14.5 Å². The van der Waals surface area contributed by atoms with E-state index in [-0.39, 0.29) is 59.9 Å². The Labute approximate surface area is 276 Å². The number of ketones is 1. The fourth-order valence-corrected chi connectivity index (χ4v) is 11.7. The van der Waals surface area contributed by atoms with E-state index >= 15 is 4.39 Å². The number of fused-ring (bicyclic) bond motifs is 1. The average molecular weight is 659 g/mol. The first kappa shape index (κ1) is 33.0. The van der Waals surface area contributed by atoms with Crippen molar-refractivity contribution < 1.29 is 27.7 Å². The number of morpholine rings is 1. The van der Waals surface area contributed by atoms with E-state index in [9.17, 15) is 9.59 Å². The van der Waals surface area contributed by atoms with Crippen LogP contribution in [0.3, 0.4) is 0 Å². The number of benzene rings is 3. The molecule has 4 aromatic rings. The largest absolute Gasteiger partial charge is 0.403 e. The Kier molecular flexibility index (Phi) is 9.35. The lowest BCUT2D eigenvalue weighted by molar-refractivity contribution is -0.123. The first-order chi connectivity index (χ1) is 22.5. The molecule has 0 spiro atoms. The standard InChI is InChI=1S/C36H43FN4O5Si/c1-24-19-41(20-25(2)45-24)34-26(18-29-33(39-46-35(29)32(34)37)30(42)21-40-17-16-38-31(43)22-40)23-44-47(36(3,4)5,27-12-8-6-9-13-27)28-14-10-7-11-15-28/h6-15,18,24-25H,16-17,19-23H2,1-5H3,(H,38,43)/t24-,25+. The number of rotatable bonds is 9. The Hall–Kier alpha value is -3.90. The minimum Gasteiger partial charge on any atom is -0.403 e. The summed E-state index contributed by atoms with van der Waals surface area (Å²) in [6.07, 6.45) is -0.235. The van der Waals surface area contributed by atoms with E-state index < -0.39 is 14.1 Å². The summed E-state index contributed by atoms with van der Waals surface area (Å²) in [5.74, 6) is -1.05. The number of halogens is 1. The molecule has 6 rings (SSSR count). The molecule has 3 heterocycles. The summed E-state index contributed by atoms with van der Waals surface area (Å²) in [5.41, 5.74) is 0.965. The Morgan fingerprint density at radius 3 is 2.23 bits per heavy atom. The SMILES string of the molecule is C[C@@H]1CN(c2c(CO[Si](c3ccccc3)(c3ccccc3)C(C)(C)C)cc3c(C(=O)CN4CCNC(=O)C4)noc3c2F)C[C@H](C)O1. The second-order valence-corrected chi connectivity index (χ2v) is 18.0. The van der Waals surface area contributed by atoms with Crippen molar-refractivity contribution in [1.29, 1.82) is 0 Å². The summed E-state index contributed by atoms with van der Waals surface area (Å²) in [6.45, 7) is 12.7. The zero-order valence-electron chi connectivity index (χ0n) is 27.7. The van der Waals surface area contributed by atoms with Gasteiger partial charge in [-0.2, -0.15) is 0 Å². The monoisotopic (exact) mass is 658 g/mol. The highest BCUT2D eigenvalue weighted by molar-refractivity contribution is 6.99. The molecule has 3 aromatic carbocycles. The Morgan fingerprint density at radius 2 is 1.66 bits per heavy atom. The molecule has 47 heavy (non-hydrogen) atoms. The van der Waals surface area contributed by atoms with Crippen LogP contribution >= 0.6 is 0 Å². The van der Waals surface area contributed by atoms with Gasteiger partial charge in [-0.05, 0) is 35.3 Å². The van der Waals surface area contributed by atoms with Crippen molar-refractivity contribution in [2.24, 2.45) is 0 Å². The zero-order valence-corrected chi connectivity index (χ0v) is 28.7. The van der Waals surface area contributed by atoms with E-state index in [1.165, 1.54) is 0 Å². The summed E-state index contributed by atoms with van der Waals surface area (Å²) in [4.78, 5) is 29.2. The molecular weight excluding hydrogens is 616 g/mol. The quantitative estimate of drug-likeness (QED) is 0.211. The molecule has 0 bridgehead atoms. The summed E-state index contributed by atoms with van der Waals surface area (Å²) in [6, 6.07) is 22.4. The molecule has 0 aliphatic carbocycles. The van der Waals surface area contributed by atoms with Crippen molar-refractivity contribution in [3.8, 4) is 0 Å². The van der Waals surface area contributed by atoms with E-state index in [1.807, 2.05) is 61.2 Å². The lowest BCUT2D eigenvalue weighted by atomic mass is 10.0. The van der Waals surface area contributed by atoms with Gasteiger partial charge in [0.25, 0.3) is 8.32 Å². The second kappa shape index (κ2) is 13.3. The van der Waals surface area contributed by atoms with Gasteiger partial charge in [0.1, 0.15) is 0 Å². The average Bonchev–Trinajstić information content (AvgIpc) is 3.46. The summed E-state index contributed by atoms with van der Waals surface area (Å²) in [7, 11) is -2.99. The Balaban J connectivity index is 1.47. The van der Waals surface area contributed by atoms with Crippen LogP contribution in [0.1, 0.15) is 50.7 Å². The molecule has 1 N–H and O–H groups in total. The number of hydrogen-bond acceptors (Lipinski definition) is 8. The van der Waals surface area contributed by atoms with Crippen molar-refractivity contribution in [3.05, 3.63) is 83.8 Å². The topological polar surface area (TPSA) is 97.1 Å². The number of carbonyl (C=O) groups is 2. The molecule has 2 aliphatic rings. The van der Waals surface area contributed by atoms with E-state index in [4.69, 9.17) is 13.7 Å². The van der Waals surface area contributed by atoms with Crippen molar-refractivity contribution in [2.75, 3.05) is 44.2 Å². The minimum atomic E-state index is -2.99. The fraction of sp³-hybridized carbons (Fsp3) is 0.417. The van der Waals surface area contributed by atoms with Gasteiger partial charge in [-0.15, -0.1) is 0 Å². The number of amides is 1. The maximum Gasteiger partial charge on any atom is 0.261 e. The molecule has 2 aliphatic heterocycles. The van der Waals surface area contributed by atoms with Crippen molar-refractivity contribution >= 4 is 47.0 Å². The van der Waals surface area contributed by atoms with Crippen LogP contribution in [0.15, 0.2) is 71.3 Å². The number of nitrogens with zero attached hydrogens (tertiary/aromatic N) is 3. The summed E-state index contributed by atoms with van der Waals surface area (Å²) in [5, 5.41) is 9.08. The molecule has 248 valence electrons. The number of hydrogen-bond donors (Lipinski definition) is 1. The van der Waals surface area contributed by atoms with E-state index in [0.717, 1.165) is 10.4 Å². The maximum absolute atomic E-state index is 16.8. The third-order valence-corrected chi connectivity index (χ3v) is 14.1.